The van der Waals surface area contributed by atoms with Gasteiger partial charge in [0.15, 0.2) is 11.5 Å². The van der Waals surface area contributed by atoms with E-state index in [2.05, 4.69) is 42.4 Å². The first-order valence-corrected chi connectivity index (χ1v) is 11.8. The largest absolute Gasteiger partial charge is 0.493 e. The number of rotatable bonds is 9. The highest BCUT2D eigenvalue weighted by atomic mass is 79.9. The third kappa shape index (κ3) is 6.54. The fourth-order valence-corrected chi connectivity index (χ4v) is 4.74. The zero-order valence-corrected chi connectivity index (χ0v) is 22.0. The van der Waals surface area contributed by atoms with Crippen LogP contribution in [-0.4, -0.2) is 20.4 Å². The number of hydrogen-bond acceptors (Lipinski definition) is 5. The molecule has 1 N–H and O–H groups in total. The molecule has 0 spiro atoms. The minimum atomic E-state index is 0.313. The lowest BCUT2D eigenvalue weighted by Gasteiger charge is -2.12. The van der Waals surface area contributed by atoms with Gasteiger partial charge in [-0.05, 0) is 79.4 Å². The fourth-order valence-electron chi connectivity index (χ4n) is 2.83. The number of methoxy groups -OCH3 is 2. The smallest absolute Gasteiger partial charge is 0.161 e. The van der Waals surface area contributed by atoms with Gasteiger partial charge < -0.3 is 19.6 Å². The third-order valence-electron chi connectivity index (χ3n) is 4.44. The van der Waals surface area contributed by atoms with Gasteiger partial charge in [-0.25, -0.2) is 0 Å². The Bertz CT molecular complexity index is 1100. The minimum Gasteiger partial charge on any atom is -0.493 e. The van der Waals surface area contributed by atoms with Crippen molar-refractivity contribution < 1.29 is 14.2 Å². The molecule has 32 heavy (non-hydrogen) atoms. The van der Waals surface area contributed by atoms with Crippen molar-refractivity contribution in [2.75, 3.05) is 14.2 Å². The molecule has 0 aliphatic heterocycles. The molecule has 0 saturated carbocycles. The molecular weight excluding hydrogens is 583 g/mol. The highest BCUT2D eigenvalue weighted by Crippen LogP contribution is 2.35. The van der Waals surface area contributed by atoms with Gasteiger partial charge >= 0.3 is 0 Å². The van der Waals surface area contributed by atoms with Crippen LogP contribution in [-0.2, 0) is 13.2 Å². The lowest BCUT2D eigenvalue weighted by molar-refractivity contribution is 0.302. The molecule has 3 aromatic carbocycles. The second kappa shape index (κ2) is 11.8. The van der Waals surface area contributed by atoms with Gasteiger partial charge in [0.05, 0.1) is 35.9 Å². The number of nitrogens with zero attached hydrogens (tertiary/aromatic N) is 1. The van der Waals surface area contributed by atoms with Gasteiger partial charge in [-0.2, -0.15) is 5.10 Å². The molecule has 168 valence electrons. The molecule has 0 amide bonds. The summed E-state index contributed by atoms with van der Waals surface area (Å²) < 4.78 is 18.1. The number of nitrogens with one attached hydrogen (secondary N) is 1. The zero-order valence-electron chi connectivity index (χ0n) is 17.3. The average Bonchev–Trinajstić information content (AvgIpc) is 2.77. The molecule has 3 aromatic rings. The molecule has 5 nitrogen and oxygen atoms in total. The second-order valence-corrected chi connectivity index (χ2v) is 9.17. The Morgan fingerprint density at radius 1 is 0.938 bits per heavy atom. The molecule has 0 aliphatic rings. The van der Waals surface area contributed by atoms with Gasteiger partial charge in [-0.1, -0.05) is 35.3 Å². The van der Waals surface area contributed by atoms with Crippen molar-refractivity contribution in [3.05, 3.63) is 84.2 Å². The highest BCUT2D eigenvalue weighted by molar-refractivity contribution is 9.11. The second-order valence-electron chi connectivity index (χ2n) is 6.62. The van der Waals surface area contributed by atoms with E-state index in [4.69, 9.17) is 37.4 Å². The van der Waals surface area contributed by atoms with E-state index in [1.165, 1.54) is 0 Å². The van der Waals surface area contributed by atoms with Crippen LogP contribution in [0.5, 0.6) is 17.2 Å². The predicted octanol–water partition coefficient (Wildman–Crippen LogP) is 7.24. The van der Waals surface area contributed by atoms with E-state index in [9.17, 15) is 0 Å². The molecule has 0 heterocycles. The first-order valence-electron chi connectivity index (χ1n) is 9.44. The van der Waals surface area contributed by atoms with Gasteiger partial charge in [0.1, 0.15) is 12.4 Å². The Kier molecular flexibility index (Phi) is 9.11. The van der Waals surface area contributed by atoms with Crippen LogP contribution in [0, 0.1) is 0 Å². The van der Waals surface area contributed by atoms with Crippen LogP contribution in [0.2, 0.25) is 10.0 Å². The fraction of sp³-hybridized carbons (Fsp3) is 0.174. The van der Waals surface area contributed by atoms with Gasteiger partial charge in [-0.15, -0.1) is 0 Å². The summed E-state index contributed by atoms with van der Waals surface area (Å²) in [5, 5.41) is 5.45. The van der Waals surface area contributed by atoms with E-state index in [1.54, 1.807) is 32.6 Å². The summed E-state index contributed by atoms with van der Waals surface area (Å²) in [5.74, 6) is 2.04. The Morgan fingerprint density at radius 3 is 2.31 bits per heavy atom. The van der Waals surface area contributed by atoms with Crippen molar-refractivity contribution in [3.63, 3.8) is 0 Å². The molecule has 9 heteroatoms. The Labute approximate surface area is 213 Å². The van der Waals surface area contributed by atoms with Crippen molar-refractivity contribution in [3.8, 4) is 17.2 Å². The van der Waals surface area contributed by atoms with Crippen molar-refractivity contribution in [1.29, 1.82) is 0 Å². The molecule has 0 radical (unpaired) electrons. The van der Waals surface area contributed by atoms with E-state index in [0.29, 0.717) is 40.4 Å². The molecule has 0 aromatic heterocycles. The standard InChI is InChI=1S/C23H20Br2Cl2N2O3/c1-30-21-6-3-14(9-22(21)31-2)11-28-29-12-15-7-18(24)23(19(25)8-15)32-13-16-4-5-17(26)10-20(16)27/h3-10,12,28H,11,13H2,1-2H3/b29-12-. The molecule has 0 fully saturated rings. The summed E-state index contributed by atoms with van der Waals surface area (Å²) in [6.07, 6.45) is 1.73. The Balaban J connectivity index is 1.61. The van der Waals surface area contributed by atoms with E-state index in [0.717, 1.165) is 25.6 Å². The van der Waals surface area contributed by atoms with Crippen LogP contribution < -0.4 is 19.6 Å². The number of halogens is 4. The topological polar surface area (TPSA) is 52.1 Å². The van der Waals surface area contributed by atoms with Crippen LogP contribution in [0.1, 0.15) is 16.7 Å². The molecule has 0 atom stereocenters. The normalized spacial score (nSPS) is 10.9. The summed E-state index contributed by atoms with van der Waals surface area (Å²) in [5.41, 5.74) is 5.79. The third-order valence-corrected chi connectivity index (χ3v) is 6.21. The van der Waals surface area contributed by atoms with Gasteiger partial charge in [0, 0.05) is 15.6 Å². The van der Waals surface area contributed by atoms with E-state index >= 15 is 0 Å². The van der Waals surface area contributed by atoms with Crippen LogP contribution in [0.4, 0.5) is 0 Å². The van der Waals surface area contributed by atoms with E-state index in [-0.39, 0.29) is 0 Å². The first kappa shape index (κ1) is 24.7. The maximum atomic E-state index is 6.22. The van der Waals surface area contributed by atoms with Crippen molar-refractivity contribution >= 4 is 61.3 Å². The highest BCUT2D eigenvalue weighted by Gasteiger charge is 2.10. The van der Waals surface area contributed by atoms with Crippen molar-refractivity contribution in [1.82, 2.24) is 5.43 Å². The first-order chi connectivity index (χ1) is 15.4. The van der Waals surface area contributed by atoms with Gasteiger partial charge in [-0.3, -0.25) is 0 Å². The van der Waals surface area contributed by atoms with Gasteiger partial charge in [0.2, 0.25) is 0 Å². The van der Waals surface area contributed by atoms with Crippen molar-refractivity contribution in [2.24, 2.45) is 5.10 Å². The Hall–Kier alpha value is -1.93. The minimum absolute atomic E-state index is 0.313. The summed E-state index contributed by atoms with van der Waals surface area (Å²) in [6.45, 7) is 0.857. The monoisotopic (exact) mass is 600 g/mol. The zero-order chi connectivity index (χ0) is 23.1. The van der Waals surface area contributed by atoms with E-state index < -0.39 is 0 Å². The molecule has 0 aliphatic carbocycles. The van der Waals surface area contributed by atoms with Crippen LogP contribution in [0.3, 0.4) is 0 Å². The molecular formula is C23H20Br2Cl2N2O3. The van der Waals surface area contributed by atoms with Crippen LogP contribution in [0.15, 0.2) is 62.6 Å². The summed E-state index contributed by atoms with van der Waals surface area (Å²) in [4.78, 5) is 0. The number of hydrazone groups is 1. The molecule has 0 bridgehead atoms. The molecule has 0 saturated heterocycles. The maximum absolute atomic E-state index is 6.22. The summed E-state index contributed by atoms with van der Waals surface area (Å²) >= 11 is 19.3. The maximum Gasteiger partial charge on any atom is 0.161 e. The van der Waals surface area contributed by atoms with Crippen molar-refractivity contribution in [2.45, 2.75) is 13.2 Å². The van der Waals surface area contributed by atoms with Gasteiger partial charge in [0.25, 0.3) is 0 Å². The lowest BCUT2D eigenvalue weighted by atomic mass is 10.2. The predicted molar refractivity (Wildman–Crippen MR) is 137 cm³/mol. The SMILES string of the molecule is COc1ccc(CN/N=C\c2cc(Br)c(OCc3ccc(Cl)cc3Cl)c(Br)c2)cc1OC. The number of ether oxygens (including phenoxy) is 3. The summed E-state index contributed by atoms with van der Waals surface area (Å²) in [7, 11) is 3.22. The van der Waals surface area contributed by atoms with Crippen LogP contribution >= 0.6 is 55.1 Å². The van der Waals surface area contributed by atoms with E-state index in [1.807, 2.05) is 36.4 Å². The Morgan fingerprint density at radius 2 is 1.66 bits per heavy atom. The number of benzene rings is 3. The number of hydrogen-bond donors (Lipinski definition) is 1. The molecule has 3 rings (SSSR count). The lowest BCUT2D eigenvalue weighted by Crippen LogP contribution is -2.06. The quantitative estimate of drug-likeness (QED) is 0.207. The molecule has 0 unspecified atom stereocenters. The summed E-state index contributed by atoms with van der Waals surface area (Å²) in [6, 6.07) is 14.9. The average molecular weight is 603 g/mol. The van der Waals surface area contributed by atoms with Crippen LogP contribution in [0.25, 0.3) is 0 Å².